The van der Waals surface area contributed by atoms with E-state index in [-0.39, 0.29) is 11.7 Å². The van der Waals surface area contributed by atoms with Gasteiger partial charge in [0.25, 0.3) is 0 Å². The van der Waals surface area contributed by atoms with Crippen LogP contribution in [-0.4, -0.2) is 58.6 Å². The molecular weight excluding hydrogens is 660 g/mol. The van der Waals surface area contributed by atoms with Crippen LogP contribution in [0.15, 0.2) is 29.8 Å². The van der Waals surface area contributed by atoms with Gasteiger partial charge in [0, 0.05) is 24.3 Å². The van der Waals surface area contributed by atoms with Crippen molar-refractivity contribution in [2.75, 3.05) is 18.4 Å². The van der Waals surface area contributed by atoms with E-state index >= 15 is 13.2 Å². The van der Waals surface area contributed by atoms with E-state index < -0.39 is 42.9 Å². The van der Waals surface area contributed by atoms with Gasteiger partial charge in [0.05, 0.1) is 17.0 Å². The summed E-state index contributed by atoms with van der Waals surface area (Å²) >= 11 is 0. The molecule has 3 heterocycles. The predicted octanol–water partition coefficient (Wildman–Crippen LogP) is 10.3. The maximum atomic E-state index is 16.3. The van der Waals surface area contributed by atoms with Crippen LogP contribution in [0.25, 0.3) is 16.6 Å². The topological polar surface area (TPSA) is 89.5 Å². The molecule has 0 aliphatic carbocycles. The third-order valence-corrected chi connectivity index (χ3v) is 14.7. The molecule has 1 aliphatic rings. The smallest absolute Gasteiger partial charge is 0.410 e. The number of halogens is 3. The number of ether oxygens (including phenoxy) is 1. The van der Waals surface area contributed by atoms with Crippen molar-refractivity contribution in [3.05, 3.63) is 63.9 Å². The number of amides is 1. The van der Waals surface area contributed by atoms with Crippen LogP contribution in [0.4, 0.5) is 23.8 Å². The van der Waals surface area contributed by atoms with E-state index in [0.717, 1.165) is 28.5 Å². The number of carbonyl (C=O) groups is 1. The second kappa shape index (κ2) is 14.6. The van der Waals surface area contributed by atoms with E-state index in [1.807, 2.05) is 61.5 Å². The first-order chi connectivity index (χ1) is 23.2. The quantitative estimate of drug-likeness (QED) is 0.198. The summed E-state index contributed by atoms with van der Waals surface area (Å²) in [5, 5.41) is 3.90. The lowest BCUT2D eigenvalue weighted by atomic mass is 9.90. The fourth-order valence-electron chi connectivity index (χ4n) is 6.74. The summed E-state index contributed by atoms with van der Waals surface area (Å²) < 4.78 is 60.7. The molecule has 50 heavy (non-hydrogen) atoms. The molecule has 0 saturated carbocycles. The van der Waals surface area contributed by atoms with Crippen molar-refractivity contribution in [1.29, 1.82) is 0 Å². The minimum Gasteiger partial charge on any atom is -0.444 e. The van der Waals surface area contributed by atoms with Gasteiger partial charge in [0.1, 0.15) is 28.7 Å². The zero-order valence-corrected chi connectivity index (χ0v) is 32.8. The number of rotatable bonds is 11. The number of aromatic nitrogens is 3. The second-order valence-corrected chi connectivity index (χ2v) is 19.7. The standard InChI is InChI=1S/C38H54F3N5O3Si/c1-13-50(14-2,15-3)49-37(11,12)38(40,41)31-18-16-17-28(32(31)39)24(5)42-33-30-21-29(25(6)43-34(30)45-26(7)44-33)27-19-20-46(22-23(27)4)35(47)48-36(8,9)10/h16-18,21,24H,13-15,19-20,22H2,1-12H3,(H,42,43,44,45)/t24-/m1/s1. The third-order valence-electron chi connectivity index (χ3n) is 9.89. The second-order valence-electron chi connectivity index (χ2n) is 15.0. The van der Waals surface area contributed by atoms with E-state index in [9.17, 15) is 4.79 Å². The molecule has 0 unspecified atom stereocenters. The fraction of sp³-hybridized carbons (Fsp3) is 0.579. The average molecular weight is 714 g/mol. The molecule has 1 N–H and O–H groups in total. The number of carbonyl (C=O) groups excluding carboxylic acids is 1. The Morgan fingerprint density at radius 3 is 2.24 bits per heavy atom. The van der Waals surface area contributed by atoms with Crippen molar-refractivity contribution in [1.82, 2.24) is 19.9 Å². The van der Waals surface area contributed by atoms with Crippen LogP contribution in [0, 0.1) is 19.7 Å². The summed E-state index contributed by atoms with van der Waals surface area (Å²) in [5.41, 5.74) is 1.14. The Morgan fingerprint density at radius 2 is 1.66 bits per heavy atom. The fourth-order valence-corrected chi connectivity index (χ4v) is 9.89. The van der Waals surface area contributed by atoms with Crippen LogP contribution in [0.2, 0.25) is 18.1 Å². The molecule has 2 aromatic heterocycles. The molecule has 12 heteroatoms. The van der Waals surface area contributed by atoms with E-state index in [1.54, 1.807) is 18.7 Å². The number of anilines is 1. The number of hydrogen-bond acceptors (Lipinski definition) is 7. The van der Waals surface area contributed by atoms with Gasteiger partial charge in [0.2, 0.25) is 0 Å². The maximum Gasteiger partial charge on any atom is 0.410 e. The van der Waals surface area contributed by atoms with Crippen molar-refractivity contribution >= 4 is 36.8 Å². The van der Waals surface area contributed by atoms with Crippen LogP contribution in [0.1, 0.15) is 110 Å². The van der Waals surface area contributed by atoms with Gasteiger partial charge in [-0.15, -0.1) is 0 Å². The van der Waals surface area contributed by atoms with Gasteiger partial charge in [-0.25, -0.2) is 24.1 Å². The first-order valence-corrected chi connectivity index (χ1v) is 20.2. The zero-order chi connectivity index (χ0) is 37.4. The lowest BCUT2D eigenvalue weighted by Crippen LogP contribution is -2.52. The summed E-state index contributed by atoms with van der Waals surface area (Å²) in [5.74, 6) is -3.69. The van der Waals surface area contributed by atoms with Crippen molar-refractivity contribution < 1.29 is 27.1 Å². The molecule has 1 aromatic carbocycles. The minimum atomic E-state index is -3.59. The molecule has 0 fully saturated rings. The lowest BCUT2D eigenvalue weighted by Gasteiger charge is -2.42. The van der Waals surface area contributed by atoms with Crippen molar-refractivity contribution in [2.45, 2.75) is 131 Å². The number of nitrogens with one attached hydrogen (secondary N) is 1. The molecule has 0 saturated heterocycles. The van der Waals surface area contributed by atoms with Gasteiger partial charge in [-0.2, -0.15) is 8.78 Å². The van der Waals surface area contributed by atoms with Gasteiger partial charge >= 0.3 is 12.0 Å². The first kappa shape index (κ1) is 39.3. The number of benzene rings is 1. The SMILES string of the molecule is CC[Si](CC)(CC)OC(C)(C)C(F)(F)c1cccc([C@@H](C)Nc2nc(C)nc3nc(C)c(C4=C(C)CN(C(=O)OC(C)(C)C)CC4)cc23)c1F. The Hall–Kier alpha value is -3.51. The Morgan fingerprint density at radius 1 is 1.02 bits per heavy atom. The highest BCUT2D eigenvalue weighted by Gasteiger charge is 2.54. The monoisotopic (exact) mass is 713 g/mol. The third kappa shape index (κ3) is 8.01. The summed E-state index contributed by atoms with van der Waals surface area (Å²) in [4.78, 5) is 28.5. The molecule has 1 aliphatic heterocycles. The van der Waals surface area contributed by atoms with Crippen LogP contribution in [0.5, 0.6) is 0 Å². The highest BCUT2D eigenvalue weighted by atomic mass is 28.4. The van der Waals surface area contributed by atoms with Gasteiger partial charge in [-0.1, -0.05) is 32.9 Å². The van der Waals surface area contributed by atoms with Crippen molar-refractivity contribution in [2.24, 2.45) is 0 Å². The van der Waals surface area contributed by atoms with Gasteiger partial charge < -0.3 is 19.4 Å². The Labute approximate surface area is 296 Å². The summed E-state index contributed by atoms with van der Waals surface area (Å²) in [6, 6.07) is 7.47. The largest absolute Gasteiger partial charge is 0.444 e. The number of aryl methyl sites for hydroxylation is 2. The average Bonchev–Trinajstić information content (AvgIpc) is 3.02. The Kier molecular flexibility index (Phi) is 11.5. The molecule has 8 nitrogen and oxygen atoms in total. The Balaban J connectivity index is 1.69. The highest BCUT2D eigenvalue weighted by Crippen LogP contribution is 2.46. The first-order valence-electron chi connectivity index (χ1n) is 17.7. The lowest BCUT2D eigenvalue weighted by molar-refractivity contribution is -0.161. The molecule has 3 aromatic rings. The maximum absolute atomic E-state index is 16.3. The summed E-state index contributed by atoms with van der Waals surface area (Å²) in [6.45, 7) is 22.5. The number of pyridine rings is 1. The predicted molar refractivity (Wildman–Crippen MR) is 197 cm³/mol. The Bertz CT molecular complexity index is 1760. The molecule has 4 rings (SSSR count). The van der Waals surface area contributed by atoms with Gasteiger partial charge in [0.15, 0.2) is 14.0 Å². The molecular formula is C38H54F3N5O3Si. The number of fused-ring (bicyclic) bond motifs is 1. The molecule has 1 atom stereocenters. The van der Waals surface area contributed by atoms with E-state index in [4.69, 9.17) is 14.1 Å². The number of hydrogen-bond donors (Lipinski definition) is 1. The zero-order valence-electron chi connectivity index (χ0n) is 31.8. The van der Waals surface area contributed by atoms with Gasteiger partial charge in [-0.3, -0.25) is 0 Å². The normalized spacial score (nSPS) is 15.5. The summed E-state index contributed by atoms with van der Waals surface area (Å²) in [6.07, 6.45) is 0.256. The molecule has 0 spiro atoms. The van der Waals surface area contributed by atoms with Crippen LogP contribution in [0.3, 0.4) is 0 Å². The number of alkyl halides is 2. The molecule has 0 radical (unpaired) electrons. The van der Waals surface area contributed by atoms with Crippen LogP contribution in [-0.2, 0) is 15.1 Å². The van der Waals surface area contributed by atoms with E-state index in [0.29, 0.717) is 60.3 Å². The minimum absolute atomic E-state index is 0.0840. The van der Waals surface area contributed by atoms with Crippen molar-refractivity contribution in [3.8, 4) is 0 Å². The van der Waals surface area contributed by atoms with E-state index in [1.165, 1.54) is 26.0 Å². The van der Waals surface area contributed by atoms with Crippen LogP contribution < -0.4 is 5.32 Å². The number of nitrogens with zero attached hydrogens (tertiary/aromatic N) is 4. The van der Waals surface area contributed by atoms with E-state index in [2.05, 4.69) is 15.3 Å². The molecule has 1 amide bonds. The van der Waals surface area contributed by atoms with Crippen molar-refractivity contribution in [3.63, 3.8) is 0 Å². The molecule has 0 bridgehead atoms. The molecule has 274 valence electrons. The van der Waals surface area contributed by atoms with Gasteiger partial charge in [-0.05, 0) is 116 Å². The highest BCUT2D eigenvalue weighted by molar-refractivity contribution is 6.73. The summed E-state index contributed by atoms with van der Waals surface area (Å²) in [7, 11) is -2.44. The van der Waals surface area contributed by atoms with Crippen LogP contribution >= 0.6 is 0 Å².